The molecule has 2 aliphatic carbocycles. The van der Waals surface area contributed by atoms with Gasteiger partial charge in [-0.1, -0.05) is 150 Å². The van der Waals surface area contributed by atoms with E-state index in [0.29, 0.717) is 0 Å². The molecule has 266 valence electrons. The fourth-order valence-corrected chi connectivity index (χ4v) is 9.56. The molecule has 0 fully saturated rings. The largest absolute Gasteiger partial charge is 0.455 e. The number of fused-ring (bicyclic) bond motifs is 11. The summed E-state index contributed by atoms with van der Waals surface area (Å²) in [6.45, 7) is 11.5. The number of furan rings is 1. The first-order valence-electron chi connectivity index (χ1n) is 19.5. The van der Waals surface area contributed by atoms with Gasteiger partial charge in [-0.05, 0) is 69.9 Å². The highest BCUT2D eigenvalue weighted by molar-refractivity contribution is 6.11. The quantitative estimate of drug-likeness (QED) is 0.183. The first-order valence-corrected chi connectivity index (χ1v) is 19.5. The number of aromatic nitrogens is 3. The molecule has 55 heavy (non-hydrogen) atoms. The first kappa shape index (κ1) is 32.2. The molecule has 0 amide bonds. The third-order valence-corrected chi connectivity index (χ3v) is 12.3. The van der Waals surface area contributed by atoms with Gasteiger partial charge < -0.3 is 4.42 Å². The third-order valence-electron chi connectivity index (χ3n) is 12.3. The molecule has 9 aromatic rings. The maximum Gasteiger partial charge on any atom is 0.235 e. The molecular formula is C51H41N3O. The van der Waals surface area contributed by atoms with Crippen LogP contribution in [-0.4, -0.2) is 14.5 Å². The van der Waals surface area contributed by atoms with E-state index in [9.17, 15) is 0 Å². The predicted molar refractivity (Wildman–Crippen MR) is 228 cm³/mol. The minimum Gasteiger partial charge on any atom is -0.455 e. The van der Waals surface area contributed by atoms with Crippen molar-refractivity contribution in [2.45, 2.75) is 58.3 Å². The second-order valence-electron chi connectivity index (χ2n) is 16.9. The monoisotopic (exact) mass is 711 g/mol. The van der Waals surface area contributed by atoms with Crippen molar-refractivity contribution in [3.05, 3.63) is 161 Å². The van der Waals surface area contributed by atoms with Crippen LogP contribution in [0.4, 0.5) is 0 Å². The Morgan fingerprint density at radius 3 is 2.20 bits per heavy atom. The lowest BCUT2D eigenvalue weighted by Crippen LogP contribution is -2.17. The molecule has 2 aliphatic rings. The Labute approximate surface area is 320 Å². The molecule has 3 aromatic heterocycles. The number of benzene rings is 6. The van der Waals surface area contributed by atoms with E-state index in [4.69, 9.17) is 14.4 Å². The minimum absolute atomic E-state index is 0.0631. The topological polar surface area (TPSA) is 43.9 Å². The van der Waals surface area contributed by atoms with E-state index >= 15 is 0 Å². The summed E-state index contributed by atoms with van der Waals surface area (Å²) in [6, 6.07) is 45.9. The highest BCUT2D eigenvalue weighted by Gasteiger charge is 2.39. The van der Waals surface area contributed by atoms with Gasteiger partial charge in [0.05, 0.1) is 16.7 Å². The summed E-state index contributed by atoms with van der Waals surface area (Å²) in [5.41, 5.74) is 17.5. The van der Waals surface area contributed by atoms with E-state index < -0.39 is 0 Å². The van der Waals surface area contributed by atoms with Gasteiger partial charge in [0.2, 0.25) is 5.95 Å². The molecule has 0 bridgehead atoms. The zero-order valence-electron chi connectivity index (χ0n) is 31.9. The smallest absolute Gasteiger partial charge is 0.235 e. The van der Waals surface area contributed by atoms with E-state index in [1.807, 2.05) is 6.07 Å². The van der Waals surface area contributed by atoms with E-state index in [1.54, 1.807) is 0 Å². The minimum atomic E-state index is -0.223. The first-order chi connectivity index (χ1) is 26.7. The SMILES string of the molecule is CC(C)(C)c1ccc(-c2nc(-n3c4c(c5ccc6c(c53)C(C)(C)c3ccccc3-6)C=C(c3cccc5c3oc3ccccc35)CC4)nc3ccccc23)cc1. The summed E-state index contributed by atoms with van der Waals surface area (Å²) >= 11 is 0. The molecule has 4 nitrogen and oxygen atoms in total. The molecule has 0 saturated heterocycles. The normalized spacial score (nSPS) is 14.7. The summed E-state index contributed by atoms with van der Waals surface area (Å²) in [4.78, 5) is 10.9. The summed E-state index contributed by atoms with van der Waals surface area (Å²) in [6.07, 6.45) is 4.15. The van der Waals surface area contributed by atoms with Gasteiger partial charge in [-0.3, -0.25) is 4.57 Å². The Balaban J connectivity index is 1.20. The van der Waals surface area contributed by atoms with Crippen LogP contribution in [0.1, 0.15) is 74.6 Å². The number of hydrogen-bond donors (Lipinski definition) is 0. The van der Waals surface area contributed by atoms with Crippen LogP contribution >= 0.6 is 0 Å². The summed E-state index contributed by atoms with van der Waals surface area (Å²) < 4.78 is 8.99. The summed E-state index contributed by atoms with van der Waals surface area (Å²) in [5.74, 6) is 0.719. The van der Waals surface area contributed by atoms with Crippen molar-refractivity contribution >= 4 is 55.4 Å². The Hall–Kier alpha value is -6.26. The van der Waals surface area contributed by atoms with Crippen molar-refractivity contribution in [1.82, 2.24) is 14.5 Å². The van der Waals surface area contributed by atoms with E-state index in [-0.39, 0.29) is 10.8 Å². The van der Waals surface area contributed by atoms with Gasteiger partial charge in [0, 0.05) is 49.3 Å². The maximum absolute atomic E-state index is 6.57. The van der Waals surface area contributed by atoms with Crippen LogP contribution in [0.5, 0.6) is 0 Å². The van der Waals surface area contributed by atoms with Gasteiger partial charge in [-0.2, -0.15) is 0 Å². The second-order valence-corrected chi connectivity index (χ2v) is 16.9. The molecule has 3 heterocycles. The fraction of sp³-hybridized carbons (Fsp3) is 0.176. The lowest BCUT2D eigenvalue weighted by Gasteiger charge is -2.24. The van der Waals surface area contributed by atoms with Gasteiger partial charge in [0.15, 0.2) is 0 Å². The Kier molecular flexibility index (Phi) is 6.66. The highest BCUT2D eigenvalue weighted by Crippen LogP contribution is 2.53. The van der Waals surface area contributed by atoms with Crippen LogP contribution in [-0.2, 0) is 17.3 Å². The zero-order chi connectivity index (χ0) is 37.2. The van der Waals surface area contributed by atoms with Crippen LogP contribution < -0.4 is 0 Å². The van der Waals surface area contributed by atoms with Crippen molar-refractivity contribution in [2.75, 3.05) is 0 Å². The summed E-state index contributed by atoms with van der Waals surface area (Å²) in [7, 11) is 0. The molecule has 6 aromatic carbocycles. The van der Waals surface area contributed by atoms with Crippen LogP contribution in [0.15, 0.2) is 132 Å². The van der Waals surface area contributed by atoms with Crippen molar-refractivity contribution < 1.29 is 4.42 Å². The molecule has 0 saturated carbocycles. The van der Waals surface area contributed by atoms with E-state index in [0.717, 1.165) is 68.5 Å². The number of hydrogen-bond acceptors (Lipinski definition) is 3. The van der Waals surface area contributed by atoms with Gasteiger partial charge in [-0.25, -0.2) is 9.97 Å². The second kappa shape index (κ2) is 11.4. The fourth-order valence-electron chi connectivity index (χ4n) is 9.56. The molecule has 0 N–H and O–H groups in total. The standard InChI is InChI=1S/C51H41N3O/c1-50(2,3)32-24-21-30(22-25-32)46-39-15-7-10-19-42(39)52-49(53-46)54-43-28-23-31(33-16-12-17-38-35-14-8-11-20-44(35)55-48(33)38)29-40(43)37-27-26-36-34-13-6-9-18-41(34)51(4,5)45(36)47(37)54/h6-22,24-27,29H,23,28H2,1-5H3. The number of para-hydroxylation sites is 3. The Morgan fingerprint density at radius 2 is 1.36 bits per heavy atom. The maximum atomic E-state index is 6.57. The molecular weight excluding hydrogens is 671 g/mol. The molecule has 0 atom stereocenters. The molecule has 11 rings (SSSR count). The van der Waals surface area contributed by atoms with Gasteiger partial charge in [0.1, 0.15) is 11.2 Å². The Morgan fingerprint density at radius 1 is 0.636 bits per heavy atom. The van der Waals surface area contributed by atoms with Gasteiger partial charge in [-0.15, -0.1) is 0 Å². The van der Waals surface area contributed by atoms with Crippen LogP contribution in [0.3, 0.4) is 0 Å². The Bertz CT molecular complexity index is 3090. The van der Waals surface area contributed by atoms with Crippen molar-refractivity contribution in [3.63, 3.8) is 0 Å². The average molecular weight is 712 g/mol. The molecule has 4 heteroatoms. The van der Waals surface area contributed by atoms with E-state index in [1.165, 1.54) is 55.6 Å². The summed E-state index contributed by atoms with van der Waals surface area (Å²) in [5, 5.41) is 4.60. The van der Waals surface area contributed by atoms with Crippen LogP contribution in [0.25, 0.3) is 83.7 Å². The van der Waals surface area contributed by atoms with E-state index in [2.05, 4.69) is 167 Å². The molecule has 0 unspecified atom stereocenters. The lowest BCUT2D eigenvalue weighted by molar-refractivity contribution is 0.590. The molecule has 0 radical (unpaired) electrons. The van der Waals surface area contributed by atoms with Gasteiger partial charge in [0.25, 0.3) is 0 Å². The molecule has 0 aliphatic heterocycles. The van der Waals surface area contributed by atoms with Gasteiger partial charge >= 0.3 is 0 Å². The van der Waals surface area contributed by atoms with Crippen LogP contribution in [0, 0.1) is 0 Å². The van der Waals surface area contributed by atoms with Crippen molar-refractivity contribution in [3.8, 4) is 28.3 Å². The van der Waals surface area contributed by atoms with Crippen molar-refractivity contribution in [2.24, 2.45) is 0 Å². The zero-order valence-corrected chi connectivity index (χ0v) is 31.9. The van der Waals surface area contributed by atoms with Crippen LogP contribution in [0.2, 0.25) is 0 Å². The third kappa shape index (κ3) is 4.64. The average Bonchev–Trinajstić information content (AvgIpc) is 3.82. The number of allylic oxidation sites excluding steroid dienone is 1. The lowest BCUT2D eigenvalue weighted by atomic mass is 9.81. The molecule has 0 spiro atoms. The number of nitrogens with zero attached hydrogens (tertiary/aromatic N) is 3. The van der Waals surface area contributed by atoms with Crippen molar-refractivity contribution in [1.29, 1.82) is 0 Å². The highest BCUT2D eigenvalue weighted by atomic mass is 16.3. The predicted octanol–water partition coefficient (Wildman–Crippen LogP) is 13.2. The number of rotatable bonds is 3.